The third kappa shape index (κ3) is 4.71. The number of carbonyl (C=O) groups is 1. The molecule has 140 valence electrons. The van der Waals surface area contributed by atoms with Crippen molar-refractivity contribution in [2.75, 3.05) is 53.9 Å². The molecule has 1 aliphatic rings. The lowest BCUT2D eigenvalue weighted by molar-refractivity contribution is -0.132. The van der Waals surface area contributed by atoms with Gasteiger partial charge < -0.3 is 14.5 Å². The number of sulfonamides is 1. The van der Waals surface area contributed by atoms with Gasteiger partial charge in [0, 0.05) is 39.1 Å². The van der Waals surface area contributed by atoms with E-state index in [-0.39, 0.29) is 10.8 Å². The van der Waals surface area contributed by atoms with Gasteiger partial charge in [-0.05, 0) is 38.7 Å². The van der Waals surface area contributed by atoms with Crippen molar-refractivity contribution in [3.63, 3.8) is 0 Å². The van der Waals surface area contributed by atoms with Crippen LogP contribution in [0.15, 0.2) is 23.1 Å². The molecular weight excluding hydrogens is 342 g/mol. The molecule has 1 aromatic rings. The highest BCUT2D eigenvalue weighted by Gasteiger charge is 2.32. The van der Waals surface area contributed by atoms with Crippen molar-refractivity contribution in [1.29, 1.82) is 0 Å². The van der Waals surface area contributed by atoms with E-state index in [1.54, 1.807) is 17.0 Å². The van der Waals surface area contributed by atoms with Crippen LogP contribution in [0.3, 0.4) is 0 Å². The molecule has 0 aliphatic carbocycles. The lowest BCUT2D eigenvalue weighted by atomic mass is 10.2. The van der Waals surface area contributed by atoms with Gasteiger partial charge in [0.15, 0.2) is 0 Å². The number of piperazine rings is 1. The summed E-state index contributed by atoms with van der Waals surface area (Å²) in [5.74, 6) is 0.411. The van der Waals surface area contributed by atoms with Gasteiger partial charge in [-0.25, -0.2) is 8.42 Å². The quantitative estimate of drug-likeness (QED) is 0.741. The minimum absolute atomic E-state index is 0.0684. The van der Waals surface area contributed by atoms with Crippen LogP contribution in [0.25, 0.3) is 0 Å². The van der Waals surface area contributed by atoms with Crippen LogP contribution in [0.5, 0.6) is 5.75 Å². The van der Waals surface area contributed by atoms with Crippen molar-refractivity contribution < 1.29 is 17.9 Å². The van der Waals surface area contributed by atoms with E-state index < -0.39 is 10.0 Å². The molecule has 1 aliphatic heterocycles. The second-order valence-electron chi connectivity index (χ2n) is 6.49. The maximum absolute atomic E-state index is 12.9. The number of methoxy groups -OCH3 is 1. The summed E-state index contributed by atoms with van der Waals surface area (Å²) in [6.07, 6.45) is 0.450. The van der Waals surface area contributed by atoms with Gasteiger partial charge in [-0.15, -0.1) is 0 Å². The number of nitrogens with zero attached hydrogens (tertiary/aromatic N) is 3. The molecule has 0 bridgehead atoms. The number of amides is 1. The van der Waals surface area contributed by atoms with E-state index in [1.807, 2.05) is 32.0 Å². The van der Waals surface area contributed by atoms with Crippen molar-refractivity contribution in [2.24, 2.45) is 0 Å². The van der Waals surface area contributed by atoms with Crippen molar-refractivity contribution in [3.8, 4) is 5.75 Å². The third-order valence-corrected chi connectivity index (χ3v) is 6.22. The van der Waals surface area contributed by atoms with Crippen LogP contribution >= 0.6 is 0 Å². The van der Waals surface area contributed by atoms with E-state index in [0.29, 0.717) is 44.9 Å². The average molecular weight is 369 g/mol. The topological polar surface area (TPSA) is 70.2 Å². The summed E-state index contributed by atoms with van der Waals surface area (Å²) < 4.78 is 32.5. The van der Waals surface area contributed by atoms with E-state index in [1.165, 1.54) is 11.4 Å². The first kappa shape index (κ1) is 19.7. The minimum Gasteiger partial charge on any atom is -0.495 e. The van der Waals surface area contributed by atoms with Crippen LogP contribution in [-0.2, 0) is 14.8 Å². The van der Waals surface area contributed by atoms with Crippen LogP contribution in [0, 0.1) is 6.92 Å². The molecule has 7 nitrogen and oxygen atoms in total. The first-order chi connectivity index (χ1) is 11.8. The van der Waals surface area contributed by atoms with Crippen LogP contribution < -0.4 is 4.74 Å². The minimum atomic E-state index is -3.64. The summed E-state index contributed by atoms with van der Waals surface area (Å²) in [5.41, 5.74) is 0.858. The highest BCUT2D eigenvalue weighted by Crippen LogP contribution is 2.28. The Labute approximate surface area is 150 Å². The summed E-state index contributed by atoms with van der Waals surface area (Å²) in [6, 6.07) is 5.12. The molecule has 0 spiro atoms. The van der Waals surface area contributed by atoms with Crippen LogP contribution in [0.2, 0.25) is 0 Å². The molecule has 0 atom stereocenters. The molecule has 1 heterocycles. The van der Waals surface area contributed by atoms with Gasteiger partial charge in [-0.2, -0.15) is 4.31 Å². The number of benzene rings is 1. The molecule has 1 amide bonds. The fraction of sp³-hybridized carbons (Fsp3) is 0.588. The van der Waals surface area contributed by atoms with E-state index in [9.17, 15) is 13.2 Å². The number of carbonyl (C=O) groups excluding carboxylic acids is 1. The maximum Gasteiger partial charge on any atom is 0.246 e. The van der Waals surface area contributed by atoms with Crippen molar-refractivity contribution in [1.82, 2.24) is 14.1 Å². The van der Waals surface area contributed by atoms with E-state index >= 15 is 0 Å². The molecule has 0 aromatic heterocycles. The zero-order valence-corrected chi connectivity index (χ0v) is 16.2. The number of aryl methyl sites for hydroxylation is 1. The lowest BCUT2D eigenvalue weighted by Gasteiger charge is -2.34. The van der Waals surface area contributed by atoms with Crippen molar-refractivity contribution in [3.05, 3.63) is 23.8 Å². The molecule has 0 saturated carbocycles. The number of rotatable bonds is 6. The second kappa shape index (κ2) is 8.16. The standard InChI is InChI=1S/C17H27N3O4S/c1-14-5-6-15(24-4)16(13-14)25(22,23)20-11-9-19(10-12-20)17(21)7-8-18(2)3/h5-6,13H,7-12H2,1-4H3. The van der Waals surface area contributed by atoms with E-state index in [4.69, 9.17) is 4.74 Å². The van der Waals surface area contributed by atoms with Gasteiger partial charge in [0.25, 0.3) is 0 Å². The number of hydrogen-bond donors (Lipinski definition) is 0. The lowest BCUT2D eigenvalue weighted by Crippen LogP contribution is -2.50. The largest absolute Gasteiger partial charge is 0.495 e. The van der Waals surface area contributed by atoms with Gasteiger partial charge in [0.1, 0.15) is 10.6 Å². The van der Waals surface area contributed by atoms with E-state index in [0.717, 1.165) is 5.56 Å². The predicted octanol–water partition coefficient (Wildman–Crippen LogP) is 0.788. The van der Waals surface area contributed by atoms with Crippen LogP contribution in [0.4, 0.5) is 0 Å². The molecule has 1 saturated heterocycles. The summed E-state index contributed by atoms with van der Waals surface area (Å²) >= 11 is 0. The zero-order chi connectivity index (χ0) is 18.6. The first-order valence-corrected chi connectivity index (χ1v) is 9.77. The molecule has 2 rings (SSSR count). The Morgan fingerprint density at radius 1 is 1.20 bits per heavy atom. The summed E-state index contributed by atoms with van der Waals surface area (Å²) in [4.78, 5) is 16.1. The Bertz CT molecular complexity index is 711. The Kier molecular flexibility index (Phi) is 6.42. The third-order valence-electron chi connectivity index (χ3n) is 4.30. The first-order valence-electron chi connectivity index (χ1n) is 8.33. The Morgan fingerprint density at radius 2 is 1.84 bits per heavy atom. The molecular formula is C17H27N3O4S. The van der Waals surface area contributed by atoms with Gasteiger partial charge in [0.05, 0.1) is 7.11 Å². The number of ether oxygens (including phenoxy) is 1. The molecule has 1 aromatic carbocycles. The van der Waals surface area contributed by atoms with Crippen LogP contribution in [0.1, 0.15) is 12.0 Å². The van der Waals surface area contributed by atoms with Gasteiger partial charge >= 0.3 is 0 Å². The SMILES string of the molecule is COc1ccc(C)cc1S(=O)(=O)N1CCN(C(=O)CCN(C)C)CC1. The zero-order valence-electron chi connectivity index (χ0n) is 15.4. The summed E-state index contributed by atoms with van der Waals surface area (Å²) in [6.45, 7) is 3.97. The molecule has 0 unspecified atom stereocenters. The fourth-order valence-electron chi connectivity index (χ4n) is 2.78. The second-order valence-corrected chi connectivity index (χ2v) is 8.40. The Morgan fingerprint density at radius 3 is 2.40 bits per heavy atom. The summed E-state index contributed by atoms with van der Waals surface area (Å²) in [7, 11) is 1.67. The predicted molar refractivity (Wildman–Crippen MR) is 96.2 cm³/mol. The molecule has 1 fully saturated rings. The van der Waals surface area contributed by atoms with E-state index in [2.05, 4.69) is 0 Å². The maximum atomic E-state index is 12.9. The summed E-state index contributed by atoms with van der Waals surface area (Å²) in [5, 5.41) is 0. The van der Waals surface area contributed by atoms with Gasteiger partial charge in [-0.1, -0.05) is 6.07 Å². The number of hydrogen-bond acceptors (Lipinski definition) is 5. The molecule has 8 heteroatoms. The highest BCUT2D eigenvalue weighted by atomic mass is 32.2. The smallest absolute Gasteiger partial charge is 0.246 e. The fourth-order valence-corrected chi connectivity index (χ4v) is 4.44. The van der Waals surface area contributed by atoms with Crippen LogP contribution in [-0.4, -0.2) is 82.4 Å². The highest BCUT2D eigenvalue weighted by molar-refractivity contribution is 7.89. The van der Waals surface area contributed by atoms with Crippen molar-refractivity contribution >= 4 is 15.9 Å². The van der Waals surface area contributed by atoms with Gasteiger partial charge in [0.2, 0.25) is 15.9 Å². The Balaban J connectivity index is 2.07. The van der Waals surface area contributed by atoms with Gasteiger partial charge in [-0.3, -0.25) is 4.79 Å². The monoisotopic (exact) mass is 369 g/mol. The molecule has 0 N–H and O–H groups in total. The average Bonchev–Trinajstić information content (AvgIpc) is 2.59. The molecule has 0 radical (unpaired) electrons. The van der Waals surface area contributed by atoms with Crippen molar-refractivity contribution in [2.45, 2.75) is 18.2 Å². The molecule has 25 heavy (non-hydrogen) atoms. The normalized spacial score (nSPS) is 16.3. The Hall–Kier alpha value is -1.64.